The summed E-state index contributed by atoms with van der Waals surface area (Å²) in [6.07, 6.45) is 2.94. The van der Waals surface area contributed by atoms with E-state index in [2.05, 4.69) is 47.5 Å². The quantitative estimate of drug-likeness (QED) is 0.891. The molecule has 0 saturated heterocycles. The summed E-state index contributed by atoms with van der Waals surface area (Å²) in [5, 5.41) is 3.32. The van der Waals surface area contributed by atoms with Gasteiger partial charge in [-0.15, -0.1) is 0 Å². The molecule has 19 heavy (non-hydrogen) atoms. The second kappa shape index (κ2) is 5.49. The number of para-hydroxylation sites is 1. The van der Waals surface area contributed by atoms with E-state index < -0.39 is 0 Å². The zero-order chi connectivity index (χ0) is 13.1. The van der Waals surface area contributed by atoms with Crippen molar-refractivity contribution < 1.29 is 4.42 Å². The van der Waals surface area contributed by atoms with Crippen molar-refractivity contribution in [3.05, 3.63) is 53.5 Å². The predicted molar refractivity (Wildman–Crippen MR) is 77.3 cm³/mol. The first-order valence-electron chi connectivity index (χ1n) is 6.97. The fourth-order valence-corrected chi connectivity index (χ4v) is 2.68. The summed E-state index contributed by atoms with van der Waals surface area (Å²) in [4.78, 5) is 2.44. The first-order chi connectivity index (χ1) is 9.38. The van der Waals surface area contributed by atoms with Crippen molar-refractivity contribution in [2.75, 3.05) is 18.0 Å². The Kier molecular flexibility index (Phi) is 3.56. The lowest BCUT2D eigenvalue weighted by Gasteiger charge is -2.19. The van der Waals surface area contributed by atoms with Crippen LogP contribution in [-0.4, -0.2) is 13.1 Å². The summed E-state index contributed by atoms with van der Waals surface area (Å²) in [6, 6.07) is 10.8. The number of anilines is 1. The molecular formula is C16H20N2O. The van der Waals surface area contributed by atoms with Gasteiger partial charge in [-0.05, 0) is 30.7 Å². The molecular weight excluding hydrogens is 236 g/mol. The minimum Gasteiger partial charge on any atom is -0.468 e. The molecule has 0 saturated carbocycles. The fourth-order valence-electron chi connectivity index (χ4n) is 2.68. The summed E-state index contributed by atoms with van der Waals surface area (Å²) >= 11 is 0. The molecule has 1 N–H and O–H groups in total. The molecule has 0 radical (unpaired) electrons. The number of nitrogens with zero attached hydrogens (tertiary/aromatic N) is 1. The average Bonchev–Trinajstić information content (AvgIpc) is 3.05. The van der Waals surface area contributed by atoms with Gasteiger partial charge >= 0.3 is 0 Å². The van der Waals surface area contributed by atoms with E-state index >= 15 is 0 Å². The van der Waals surface area contributed by atoms with Crippen LogP contribution in [0.5, 0.6) is 0 Å². The molecule has 100 valence electrons. The lowest BCUT2D eigenvalue weighted by atomic mass is 10.2. The maximum Gasteiger partial charge on any atom is 0.122 e. The van der Waals surface area contributed by atoms with Gasteiger partial charge in [-0.25, -0.2) is 0 Å². The number of rotatable bonds is 5. The summed E-state index contributed by atoms with van der Waals surface area (Å²) in [5.41, 5.74) is 4.12. The topological polar surface area (TPSA) is 28.4 Å². The lowest BCUT2D eigenvalue weighted by Crippen LogP contribution is -2.21. The van der Waals surface area contributed by atoms with Gasteiger partial charge in [0.25, 0.3) is 0 Å². The molecule has 2 aromatic rings. The first-order valence-corrected chi connectivity index (χ1v) is 6.97. The summed E-state index contributed by atoms with van der Waals surface area (Å²) in [7, 11) is 0. The third kappa shape index (κ3) is 2.51. The number of nitrogens with one attached hydrogen (secondary N) is 1. The highest BCUT2D eigenvalue weighted by atomic mass is 16.3. The summed E-state index contributed by atoms with van der Waals surface area (Å²) in [6.45, 7) is 5.93. The molecule has 1 aromatic carbocycles. The van der Waals surface area contributed by atoms with Crippen LogP contribution < -0.4 is 10.2 Å². The molecule has 1 aromatic heterocycles. The highest BCUT2D eigenvalue weighted by Gasteiger charge is 2.19. The van der Waals surface area contributed by atoms with Crippen molar-refractivity contribution in [3.8, 4) is 0 Å². The summed E-state index contributed by atoms with van der Waals surface area (Å²) in [5.74, 6) is 1.06. The molecule has 1 aliphatic heterocycles. The summed E-state index contributed by atoms with van der Waals surface area (Å²) < 4.78 is 5.58. The van der Waals surface area contributed by atoms with Crippen LogP contribution in [0.2, 0.25) is 0 Å². The van der Waals surface area contributed by atoms with Crippen LogP contribution in [0, 0.1) is 0 Å². The maximum atomic E-state index is 5.58. The largest absolute Gasteiger partial charge is 0.468 e. The van der Waals surface area contributed by atoms with Crippen LogP contribution in [0.3, 0.4) is 0 Å². The van der Waals surface area contributed by atoms with Crippen LogP contribution in [0.4, 0.5) is 5.69 Å². The molecule has 0 aliphatic carbocycles. The normalized spacial score (nSPS) is 13.8. The van der Waals surface area contributed by atoms with Crippen LogP contribution >= 0.6 is 0 Å². The first kappa shape index (κ1) is 12.3. The van der Waals surface area contributed by atoms with Crippen molar-refractivity contribution in [1.82, 2.24) is 5.32 Å². The van der Waals surface area contributed by atoms with Crippen LogP contribution in [0.25, 0.3) is 0 Å². The number of fused-ring (bicyclic) bond motifs is 1. The molecule has 0 unspecified atom stereocenters. The van der Waals surface area contributed by atoms with E-state index in [1.54, 1.807) is 6.26 Å². The molecule has 0 amide bonds. The Hall–Kier alpha value is -1.74. The van der Waals surface area contributed by atoms with Crippen molar-refractivity contribution in [1.29, 1.82) is 0 Å². The molecule has 2 heterocycles. The van der Waals surface area contributed by atoms with Crippen LogP contribution in [0.1, 0.15) is 23.8 Å². The average molecular weight is 256 g/mol. The Bertz CT molecular complexity index is 547. The third-order valence-electron chi connectivity index (χ3n) is 3.72. The minimum atomic E-state index is 0.814. The Labute approximate surface area is 114 Å². The zero-order valence-electron chi connectivity index (χ0n) is 11.4. The van der Waals surface area contributed by atoms with E-state index in [1.165, 1.54) is 16.8 Å². The molecule has 0 atom stereocenters. The van der Waals surface area contributed by atoms with Gasteiger partial charge in [0.05, 0.1) is 12.8 Å². The van der Waals surface area contributed by atoms with Gasteiger partial charge in [0.1, 0.15) is 5.76 Å². The minimum absolute atomic E-state index is 0.814. The molecule has 3 heteroatoms. The standard InChI is InChI=1S/C16H20N2O/c1-2-17-11-16-14(8-10-19-16)12-18-9-7-13-5-3-4-6-15(13)18/h3-6,8,10,17H,2,7,9,11-12H2,1H3. The van der Waals surface area contributed by atoms with Crippen molar-refractivity contribution in [2.24, 2.45) is 0 Å². The van der Waals surface area contributed by atoms with Gasteiger partial charge in [-0.1, -0.05) is 25.1 Å². The van der Waals surface area contributed by atoms with E-state index in [-0.39, 0.29) is 0 Å². The molecule has 3 nitrogen and oxygen atoms in total. The second-order valence-electron chi connectivity index (χ2n) is 4.95. The maximum absolute atomic E-state index is 5.58. The van der Waals surface area contributed by atoms with E-state index in [0.717, 1.165) is 38.4 Å². The van der Waals surface area contributed by atoms with Crippen LogP contribution in [-0.2, 0) is 19.5 Å². The van der Waals surface area contributed by atoms with Gasteiger partial charge in [0.2, 0.25) is 0 Å². The van der Waals surface area contributed by atoms with E-state index in [0.29, 0.717) is 0 Å². The second-order valence-corrected chi connectivity index (χ2v) is 4.95. The highest BCUT2D eigenvalue weighted by Crippen LogP contribution is 2.29. The predicted octanol–water partition coefficient (Wildman–Crippen LogP) is 2.95. The fraction of sp³-hybridized carbons (Fsp3) is 0.375. The molecule has 0 spiro atoms. The van der Waals surface area contributed by atoms with E-state index in [4.69, 9.17) is 4.42 Å². The van der Waals surface area contributed by atoms with E-state index in [9.17, 15) is 0 Å². The number of furan rings is 1. The smallest absolute Gasteiger partial charge is 0.122 e. The third-order valence-corrected chi connectivity index (χ3v) is 3.72. The number of hydrogen-bond acceptors (Lipinski definition) is 3. The molecule has 3 rings (SSSR count). The Morgan fingerprint density at radius 2 is 2.16 bits per heavy atom. The van der Waals surface area contributed by atoms with E-state index in [1.807, 2.05) is 0 Å². The van der Waals surface area contributed by atoms with Gasteiger partial charge in [0, 0.05) is 24.3 Å². The van der Waals surface area contributed by atoms with Crippen molar-refractivity contribution >= 4 is 5.69 Å². The van der Waals surface area contributed by atoms with Gasteiger partial charge < -0.3 is 14.6 Å². The van der Waals surface area contributed by atoms with Crippen molar-refractivity contribution in [2.45, 2.75) is 26.4 Å². The van der Waals surface area contributed by atoms with Crippen molar-refractivity contribution in [3.63, 3.8) is 0 Å². The highest BCUT2D eigenvalue weighted by molar-refractivity contribution is 5.58. The molecule has 0 fully saturated rings. The number of benzene rings is 1. The monoisotopic (exact) mass is 256 g/mol. The Morgan fingerprint density at radius 3 is 3.05 bits per heavy atom. The zero-order valence-corrected chi connectivity index (χ0v) is 11.4. The lowest BCUT2D eigenvalue weighted by molar-refractivity contribution is 0.482. The molecule has 1 aliphatic rings. The van der Waals surface area contributed by atoms with Crippen LogP contribution in [0.15, 0.2) is 41.0 Å². The SMILES string of the molecule is CCNCc1occc1CN1CCc2ccccc21. The molecule has 0 bridgehead atoms. The van der Waals surface area contributed by atoms with Gasteiger partial charge in [-0.2, -0.15) is 0 Å². The Balaban J connectivity index is 1.74. The number of hydrogen-bond donors (Lipinski definition) is 1. The van der Waals surface area contributed by atoms with Gasteiger partial charge in [-0.3, -0.25) is 0 Å². The Morgan fingerprint density at radius 1 is 1.26 bits per heavy atom. The van der Waals surface area contributed by atoms with Gasteiger partial charge in [0.15, 0.2) is 0 Å².